The second-order valence-electron chi connectivity index (χ2n) is 8.76. The summed E-state index contributed by atoms with van der Waals surface area (Å²) < 4.78 is 30.3. The van der Waals surface area contributed by atoms with Crippen molar-refractivity contribution in [3.63, 3.8) is 0 Å². The molecule has 0 aliphatic carbocycles. The lowest BCUT2D eigenvalue weighted by atomic mass is 10.0. The molecule has 1 unspecified atom stereocenters. The first kappa shape index (κ1) is 25.9. The molecule has 0 bridgehead atoms. The highest BCUT2D eigenvalue weighted by Crippen LogP contribution is 2.27. The van der Waals surface area contributed by atoms with Crippen LogP contribution < -0.4 is 4.74 Å². The van der Waals surface area contributed by atoms with Gasteiger partial charge in [-0.25, -0.2) is 14.0 Å². The molecule has 0 amide bonds. The summed E-state index contributed by atoms with van der Waals surface area (Å²) in [5.74, 6) is -1.67. The van der Waals surface area contributed by atoms with E-state index in [1.54, 1.807) is 30.3 Å². The fourth-order valence-corrected chi connectivity index (χ4v) is 3.98. The van der Waals surface area contributed by atoms with Crippen molar-refractivity contribution in [2.45, 2.75) is 77.2 Å². The fourth-order valence-electron chi connectivity index (χ4n) is 3.98. The van der Waals surface area contributed by atoms with Gasteiger partial charge < -0.3 is 14.2 Å². The van der Waals surface area contributed by atoms with E-state index in [0.29, 0.717) is 30.8 Å². The molecule has 0 spiro atoms. The molecule has 1 fully saturated rings. The lowest BCUT2D eigenvalue weighted by Gasteiger charge is -2.11. The SMILES string of the molecule is CCCCCCCCCCOC(=O)c1ccc(-c2ccc(OC(=O)C3CCCO3)c(F)c2)cc1. The van der Waals surface area contributed by atoms with Gasteiger partial charge in [-0.15, -0.1) is 0 Å². The zero-order valence-corrected chi connectivity index (χ0v) is 20.0. The van der Waals surface area contributed by atoms with Crippen LogP contribution in [0.25, 0.3) is 11.1 Å². The molecule has 1 heterocycles. The molecule has 0 N–H and O–H groups in total. The molecule has 2 aromatic rings. The minimum absolute atomic E-state index is 0.120. The molecular weight excluding hydrogens is 435 g/mol. The number of ether oxygens (including phenoxy) is 3. The Labute approximate surface area is 201 Å². The van der Waals surface area contributed by atoms with Gasteiger partial charge >= 0.3 is 11.9 Å². The highest BCUT2D eigenvalue weighted by atomic mass is 19.1. The van der Waals surface area contributed by atoms with E-state index in [2.05, 4.69) is 6.92 Å². The van der Waals surface area contributed by atoms with Gasteiger partial charge in [0.25, 0.3) is 0 Å². The maximum Gasteiger partial charge on any atom is 0.340 e. The number of rotatable bonds is 13. The number of hydrogen-bond acceptors (Lipinski definition) is 5. The Balaban J connectivity index is 1.44. The summed E-state index contributed by atoms with van der Waals surface area (Å²) in [7, 11) is 0. The van der Waals surface area contributed by atoms with E-state index in [9.17, 15) is 14.0 Å². The summed E-state index contributed by atoms with van der Waals surface area (Å²) in [6.07, 6.45) is 10.3. The summed E-state index contributed by atoms with van der Waals surface area (Å²) in [6, 6.07) is 11.3. The van der Waals surface area contributed by atoms with Gasteiger partial charge in [0.15, 0.2) is 17.7 Å². The predicted molar refractivity (Wildman–Crippen MR) is 129 cm³/mol. The van der Waals surface area contributed by atoms with Crippen molar-refractivity contribution in [1.29, 1.82) is 0 Å². The first-order valence-electron chi connectivity index (χ1n) is 12.5. The number of unbranched alkanes of at least 4 members (excludes halogenated alkanes) is 7. The molecule has 5 nitrogen and oxygen atoms in total. The highest BCUT2D eigenvalue weighted by molar-refractivity contribution is 5.90. The smallest absolute Gasteiger partial charge is 0.340 e. The Morgan fingerprint density at radius 1 is 0.941 bits per heavy atom. The fraction of sp³-hybridized carbons (Fsp3) is 0.500. The normalized spacial score (nSPS) is 15.3. The zero-order chi connectivity index (χ0) is 24.2. The molecule has 6 heteroatoms. The van der Waals surface area contributed by atoms with Gasteiger partial charge in [0, 0.05) is 6.61 Å². The van der Waals surface area contributed by atoms with E-state index in [0.717, 1.165) is 24.8 Å². The number of halogens is 1. The van der Waals surface area contributed by atoms with Crippen molar-refractivity contribution in [2.75, 3.05) is 13.2 Å². The van der Waals surface area contributed by atoms with E-state index in [1.807, 2.05) is 0 Å². The molecule has 1 aliphatic rings. The Morgan fingerprint density at radius 3 is 2.26 bits per heavy atom. The number of benzene rings is 2. The van der Waals surface area contributed by atoms with Crippen molar-refractivity contribution >= 4 is 11.9 Å². The maximum absolute atomic E-state index is 14.5. The van der Waals surface area contributed by atoms with E-state index >= 15 is 0 Å². The van der Waals surface area contributed by atoms with E-state index < -0.39 is 17.9 Å². The van der Waals surface area contributed by atoms with Gasteiger partial charge in [-0.1, -0.05) is 70.1 Å². The largest absolute Gasteiger partial charge is 0.462 e. The summed E-state index contributed by atoms with van der Waals surface area (Å²) in [6.45, 7) is 3.16. The number of carbonyl (C=O) groups excluding carboxylic acids is 2. The van der Waals surface area contributed by atoms with Crippen molar-refractivity contribution < 1.29 is 28.2 Å². The van der Waals surface area contributed by atoms with Crippen molar-refractivity contribution in [1.82, 2.24) is 0 Å². The summed E-state index contributed by atoms with van der Waals surface area (Å²) in [5, 5.41) is 0. The second-order valence-corrected chi connectivity index (χ2v) is 8.76. The molecular formula is C28H35FO5. The van der Waals surface area contributed by atoms with Crippen LogP contribution in [0, 0.1) is 5.82 Å². The van der Waals surface area contributed by atoms with E-state index in [1.165, 1.54) is 50.7 Å². The van der Waals surface area contributed by atoms with Crippen LogP contribution >= 0.6 is 0 Å². The molecule has 1 atom stereocenters. The molecule has 3 rings (SSSR count). The summed E-state index contributed by atoms with van der Waals surface area (Å²) >= 11 is 0. The Hall–Kier alpha value is -2.73. The number of carbonyl (C=O) groups is 2. The third-order valence-electron chi connectivity index (χ3n) is 6.02. The lowest BCUT2D eigenvalue weighted by molar-refractivity contribution is -0.144. The van der Waals surface area contributed by atoms with Crippen molar-refractivity contribution in [3.8, 4) is 16.9 Å². The zero-order valence-electron chi connectivity index (χ0n) is 20.0. The van der Waals surface area contributed by atoms with Crippen LogP contribution in [0.1, 0.15) is 81.5 Å². The minimum Gasteiger partial charge on any atom is -0.462 e. The highest BCUT2D eigenvalue weighted by Gasteiger charge is 2.26. The van der Waals surface area contributed by atoms with E-state index in [-0.39, 0.29) is 11.7 Å². The lowest BCUT2D eigenvalue weighted by Crippen LogP contribution is -2.25. The molecule has 0 saturated carbocycles. The average Bonchev–Trinajstić information content (AvgIpc) is 3.39. The molecule has 2 aromatic carbocycles. The third kappa shape index (κ3) is 7.94. The molecule has 0 aromatic heterocycles. The van der Waals surface area contributed by atoms with Gasteiger partial charge in [0.1, 0.15) is 0 Å². The predicted octanol–water partition coefficient (Wildman–Crippen LogP) is 6.87. The maximum atomic E-state index is 14.5. The summed E-state index contributed by atoms with van der Waals surface area (Å²) in [5.41, 5.74) is 1.83. The van der Waals surface area contributed by atoms with Crippen LogP contribution in [-0.2, 0) is 14.3 Å². The van der Waals surface area contributed by atoms with Crippen LogP contribution in [0.4, 0.5) is 4.39 Å². The van der Waals surface area contributed by atoms with Gasteiger partial charge in [-0.3, -0.25) is 0 Å². The monoisotopic (exact) mass is 470 g/mol. The molecule has 184 valence electrons. The molecule has 0 radical (unpaired) electrons. The van der Waals surface area contributed by atoms with Gasteiger partial charge in [0.2, 0.25) is 0 Å². The molecule has 1 saturated heterocycles. The Bertz CT molecular complexity index is 919. The Morgan fingerprint density at radius 2 is 1.62 bits per heavy atom. The first-order valence-corrected chi connectivity index (χ1v) is 12.5. The first-order chi connectivity index (χ1) is 16.6. The summed E-state index contributed by atoms with van der Waals surface area (Å²) in [4.78, 5) is 24.3. The van der Waals surface area contributed by atoms with Crippen molar-refractivity contribution in [2.24, 2.45) is 0 Å². The standard InChI is InChI=1S/C28H35FO5/c1-2-3-4-5-6-7-8-9-18-33-27(30)22-14-12-21(13-15-22)23-16-17-25(24(29)20-23)34-28(31)26-11-10-19-32-26/h12-17,20,26H,2-11,18-19H2,1H3. The van der Waals surface area contributed by atoms with Crippen LogP contribution in [0.15, 0.2) is 42.5 Å². The van der Waals surface area contributed by atoms with Crippen molar-refractivity contribution in [3.05, 3.63) is 53.8 Å². The van der Waals surface area contributed by atoms with Gasteiger partial charge in [-0.05, 0) is 54.7 Å². The molecule has 1 aliphatic heterocycles. The van der Waals surface area contributed by atoms with E-state index in [4.69, 9.17) is 14.2 Å². The number of hydrogen-bond donors (Lipinski definition) is 0. The van der Waals surface area contributed by atoms with Crippen LogP contribution in [-0.4, -0.2) is 31.3 Å². The third-order valence-corrected chi connectivity index (χ3v) is 6.02. The van der Waals surface area contributed by atoms with Crippen LogP contribution in [0.3, 0.4) is 0 Å². The second kappa shape index (κ2) is 13.9. The Kier molecular flexibility index (Phi) is 10.5. The van der Waals surface area contributed by atoms with Crippen LogP contribution in [0.2, 0.25) is 0 Å². The van der Waals surface area contributed by atoms with Crippen LogP contribution in [0.5, 0.6) is 5.75 Å². The minimum atomic E-state index is -0.627. The topological polar surface area (TPSA) is 61.8 Å². The quantitative estimate of drug-likeness (QED) is 0.181. The molecule has 34 heavy (non-hydrogen) atoms. The average molecular weight is 471 g/mol. The number of esters is 2. The van der Waals surface area contributed by atoms with Gasteiger partial charge in [-0.2, -0.15) is 0 Å². The van der Waals surface area contributed by atoms with Gasteiger partial charge in [0.05, 0.1) is 12.2 Å².